The number of nitrogens with one attached hydrogen (secondary N) is 2. The number of H-pyrrole nitrogens is 1. The molecule has 4 nitrogen and oxygen atoms in total. The summed E-state index contributed by atoms with van der Waals surface area (Å²) in [6.45, 7) is 11.0. The van der Waals surface area contributed by atoms with Gasteiger partial charge in [0.15, 0.2) is 5.78 Å². The first kappa shape index (κ1) is 17.0. The maximum atomic E-state index is 12.7. The van der Waals surface area contributed by atoms with Gasteiger partial charge in [-0.05, 0) is 64.3 Å². The molecule has 0 aliphatic carbocycles. The lowest BCUT2D eigenvalue weighted by molar-refractivity contribution is 0.0970. The molecule has 1 atom stereocenters. The van der Waals surface area contributed by atoms with E-state index >= 15 is 0 Å². The van der Waals surface area contributed by atoms with Crippen molar-refractivity contribution in [3.8, 4) is 0 Å². The maximum Gasteiger partial charge on any atom is 0.201 e. The van der Waals surface area contributed by atoms with Crippen molar-refractivity contribution in [1.29, 1.82) is 0 Å². The Bertz CT molecular complexity index is 772. The van der Waals surface area contributed by atoms with Gasteiger partial charge in [0.2, 0.25) is 5.78 Å². The van der Waals surface area contributed by atoms with Gasteiger partial charge in [0, 0.05) is 16.9 Å². The highest BCUT2D eigenvalue weighted by Crippen LogP contribution is 2.22. The highest BCUT2D eigenvalue weighted by Gasteiger charge is 2.23. The Morgan fingerprint density at radius 3 is 2.35 bits per heavy atom. The Kier molecular flexibility index (Phi) is 4.73. The minimum absolute atomic E-state index is 0.0227. The molecule has 0 saturated carbocycles. The fourth-order valence-corrected chi connectivity index (χ4v) is 2.93. The summed E-state index contributed by atoms with van der Waals surface area (Å²) in [5.41, 5.74) is 5.80. The van der Waals surface area contributed by atoms with Crippen molar-refractivity contribution in [2.24, 2.45) is 0 Å². The fraction of sp³-hybridized carbons (Fsp3) is 0.368. The minimum atomic E-state index is -0.382. The molecule has 0 saturated heterocycles. The lowest BCUT2D eigenvalue weighted by atomic mass is 10.0. The van der Waals surface area contributed by atoms with Crippen molar-refractivity contribution >= 4 is 17.3 Å². The first-order valence-electron chi connectivity index (χ1n) is 7.80. The number of aromatic nitrogens is 1. The molecule has 0 radical (unpaired) electrons. The Morgan fingerprint density at radius 1 is 1.13 bits per heavy atom. The van der Waals surface area contributed by atoms with Gasteiger partial charge in [-0.3, -0.25) is 9.59 Å². The second-order valence-electron chi connectivity index (χ2n) is 6.23. The van der Waals surface area contributed by atoms with Gasteiger partial charge in [-0.25, -0.2) is 0 Å². The number of benzene rings is 1. The van der Waals surface area contributed by atoms with Gasteiger partial charge in [-0.15, -0.1) is 0 Å². The molecule has 1 heterocycles. The lowest BCUT2D eigenvalue weighted by Crippen LogP contribution is -2.27. The quantitative estimate of drug-likeness (QED) is 0.816. The largest absolute Gasteiger partial charge is 0.375 e. The van der Waals surface area contributed by atoms with E-state index < -0.39 is 0 Å². The molecule has 0 spiro atoms. The Labute approximate surface area is 137 Å². The summed E-state index contributed by atoms with van der Waals surface area (Å²) in [7, 11) is 0. The van der Waals surface area contributed by atoms with E-state index in [0.717, 1.165) is 28.1 Å². The molecule has 23 heavy (non-hydrogen) atoms. The number of hydrogen-bond donors (Lipinski definition) is 2. The molecular weight excluding hydrogens is 288 g/mol. The summed E-state index contributed by atoms with van der Waals surface area (Å²) in [6, 6.07) is 5.73. The molecule has 1 aromatic heterocycles. The summed E-state index contributed by atoms with van der Waals surface area (Å²) >= 11 is 0. The van der Waals surface area contributed by atoms with Crippen molar-refractivity contribution in [1.82, 2.24) is 4.98 Å². The Hall–Kier alpha value is -2.36. The molecule has 122 valence electrons. The van der Waals surface area contributed by atoms with Crippen LogP contribution in [0.2, 0.25) is 0 Å². The van der Waals surface area contributed by atoms with Crippen LogP contribution in [-0.4, -0.2) is 22.6 Å². The summed E-state index contributed by atoms with van der Waals surface area (Å²) in [6.07, 6.45) is 0. The van der Waals surface area contributed by atoms with Gasteiger partial charge in [0.05, 0.1) is 11.7 Å². The second-order valence-corrected chi connectivity index (χ2v) is 6.23. The average Bonchev–Trinajstić information content (AvgIpc) is 2.77. The van der Waals surface area contributed by atoms with E-state index in [1.165, 1.54) is 6.92 Å². The number of aromatic amines is 1. The Balaban J connectivity index is 2.28. The summed E-state index contributed by atoms with van der Waals surface area (Å²) < 4.78 is 0. The zero-order valence-electron chi connectivity index (χ0n) is 14.6. The normalized spacial score (nSPS) is 12.1. The van der Waals surface area contributed by atoms with Gasteiger partial charge in [0.25, 0.3) is 0 Å². The van der Waals surface area contributed by atoms with Gasteiger partial charge >= 0.3 is 0 Å². The lowest BCUT2D eigenvalue weighted by Gasteiger charge is -2.16. The molecule has 0 amide bonds. The van der Waals surface area contributed by atoms with Crippen molar-refractivity contribution in [3.05, 3.63) is 51.8 Å². The minimum Gasteiger partial charge on any atom is -0.375 e. The molecule has 0 aliphatic heterocycles. The van der Waals surface area contributed by atoms with Crippen molar-refractivity contribution in [2.45, 2.75) is 47.6 Å². The van der Waals surface area contributed by atoms with E-state index in [-0.39, 0.29) is 17.6 Å². The smallest absolute Gasteiger partial charge is 0.201 e. The van der Waals surface area contributed by atoms with Crippen LogP contribution >= 0.6 is 0 Å². The van der Waals surface area contributed by atoms with E-state index in [9.17, 15) is 9.59 Å². The van der Waals surface area contributed by atoms with E-state index in [1.54, 1.807) is 0 Å². The Morgan fingerprint density at radius 2 is 1.78 bits per heavy atom. The summed E-state index contributed by atoms with van der Waals surface area (Å²) in [5.74, 6) is -0.0653. The number of rotatable bonds is 5. The molecule has 2 N–H and O–H groups in total. The predicted octanol–water partition coefficient (Wildman–Crippen LogP) is 4.13. The van der Waals surface area contributed by atoms with Gasteiger partial charge in [0.1, 0.15) is 0 Å². The highest BCUT2D eigenvalue weighted by molar-refractivity contribution is 6.05. The number of hydrogen-bond acceptors (Lipinski definition) is 3. The first-order chi connectivity index (χ1) is 10.7. The summed E-state index contributed by atoms with van der Waals surface area (Å²) in [4.78, 5) is 27.5. The molecule has 0 unspecified atom stereocenters. The van der Waals surface area contributed by atoms with Crippen LogP contribution in [0.1, 0.15) is 57.1 Å². The number of carbonyl (C=O) groups excluding carboxylic acids is 2. The van der Waals surface area contributed by atoms with Crippen molar-refractivity contribution < 1.29 is 9.59 Å². The molecule has 2 rings (SSSR count). The van der Waals surface area contributed by atoms with Gasteiger partial charge < -0.3 is 10.3 Å². The molecule has 0 fully saturated rings. The SMILES string of the molecule is CC(=O)c1c(C)[nH]c(C(=O)[C@H](C)Nc2cc(C)ccc2C)c1C. The zero-order valence-corrected chi connectivity index (χ0v) is 14.6. The predicted molar refractivity (Wildman–Crippen MR) is 93.6 cm³/mol. The molecule has 2 aromatic rings. The van der Waals surface area contributed by atoms with Crippen LogP contribution in [-0.2, 0) is 0 Å². The van der Waals surface area contributed by atoms with E-state index in [1.807, 2.05) is 52.8 Å². The average molecular weight is 312 g/mol. The standard InChI is InChI=1S/C19H24N2O2/c1-10-7-8-11(2)16(9-10)20-14(5)19(23)18-12(3)17(15(6)22)13(4)21-18/h7-9,14,20-21H,1-6H3/t14-/m0/s1. The van der Waals surface area contributed by atoms with E-state index in [2.05, 4.69) is 10.3 Å². The molecule has 0 aliphatic rings. The summed E-state index contributed by atoms with van der Waals surface area (Å²) in [5, 5.41) is 3.28. The number of ketones is 2. The topological polar surface area (TPSA) is 62.0 Å². The fourth-order valence-electron chi connectivity index (χ4n) is 2.93. The van der Waals surface area contributed by atoms with Crippen LogP contribution in [0.25, 0.3) is 0 Å². The third-order valence-corrected chi connectivity index (χ3v) is 4.19. The zero-order chi connectivity index (χ0) is 17.3. The molecule has 1 aromatic carbocycles. The van der Waals surface area contributed by atoms with Gasteiger partial charge in [-0.2, -0.15) is 0 Å². The van der Waals surface area contributed by atoms with Gasteiger partial charge in [-0.1, -0.05) is 12.1 Å². The van der Waals surface area contributed by atoms with E-state index in [4.69, 9.17) is 0 Å². The third-order valence-electron chi connectivity index (χ3n) is 4.19. The number of aryl methyl sites for hydroxylation is 3. The van der Waals surface area contributed by atoms with Crippen LogP contribution in [0, 0.1) is 27.7 Å². The first-order valence-corrected chi connectivity index (χ1v) is 7.80. The van der Waals surface area contributed by atoms with E-state index in [0.29, 0.717) is 11.3 Å². The number of anilines is 1. The van der Waals surface area contributed by atoms with Crippen molar-refractivity contribution in [2.75, 3.05) is 5.32 Å². The second kappa shape index (κ2) is 6.41. The highest BCUT2D eigenvalue weighted by atomic mass is 16.1. The molecule has 0 bridgehead atoms. The van der Waals surface area contributed by atoms with Crippen LogP contribution in [0.15, 0.2) is 18.2 Å². The third kappa shape index (κ3) is 3.36. The van der Waals surface area contributed by atoms with Crippen LogP contribution < -0.4 is 5.32 Å². The monoisotopic (exact) mass is 312 g/mol. The number of Topliss-reactive ketones (excluding diaryl/α,β-unsaturated/α-hetero) is 2. The molecule has 4 heteroatoms. The maximum absolute atomic E-state index is 12.7. The number of carbonyl (C=O) groups is 2. The van der Waals surface area contributed by atoms with Crippen LogP contribution in [0.5, 0.6) is 0 Å². The van der Waals surface area contributed by atoms with Crippen LogP contribution in [0.4, 0.5) is 5.69 Å². The van der Waals surface area contributed by atoms with Crippen molar-refractivity contribution in [3.63, 3.8) is 0 Å². The molecular formula is C19H24N2O2. The van der Waals surface area contributed by atoms with Crippen LogP contribution in [0.3, 0.4) is 0 Å².